The number of hydrogen-bond donors (Lipinski definition) is 2. The monoisotopic (exact) mass is 234 g/mol. The quantitative estimate of drug-likeness (QED) is 0.371. The Balaban J connectivity index is 2.96. The van der Waals surface area contributed by atoms with E-state index >= 15 is 0 Å². The highest BCUT2D eigenvalue weighted by Crippen LogP contribution is 1.80. The molecule has 0 unspecified atom stereocenters. The highest BCUT2D eigenvalue weighted by Gasteiger charge is 1.95. The molecule has 0 heterocycles. The van der Waals surface area contributed by atoms with Crippen LogP contribution in [-0.2, 0) is 19.0 Å². The van der Waals surface area contributed by atoms with Gasteiger partial charge in [0.15, 0.2) is 0 Å². The Morgan fingerprint density at radius 1 is 1.06 bits per heavy atom. The number of nitrogens with one attached hydrogen (secondary N) is 1. The summed E-state index contributed by atoms with van der Waals surface area (Å²) in [6.07, 6.45) is 0.504. The fraction of sp³-hybridized carbons (Fsp3) is 0.900. The van der Waals surface area contributed by atoms with Gasteiger partial charge in [0.2, 0.25) is 5.91 Å². The molecule has 6 heteroatoms. The van der Waals surface area contributed by atoms with Crippen LogP contribution in [0.1, 0.15) is 13.3 Å². The Kier molecular flexibility index (Phi) is 11.8. The zero-order chi connectivity index (χ0) is 12.1. The van der Waals surface area contributed by atoms with Crippen molar-refractivity contribution in [3.8, 4) is 0 Å². The highest BCUT2D eigenvalue weighted by molar-refractivity contribution is 5.75. The van der Waals surface area contributed by atoms with Crippen molar-refractivity contribution in [1.82, 2.24) is 5.32 Å². The Labute approximate surface area is 96.4 Å². The van der Waals surface area contributed by atoms with Gasteiger partial charge in [-0.1, -0.05) is 6.92 Å². The molecule has 0 saturated heterocycles. The molecule has 96 valence electrons. The van der Waals surface area contributed by atoms with Crippen LogP contribution in [0.3, 0.4) is 0 Å². The van der Waals surface area contributed by atoms with Crippen LogP contribution in [0.5, 0.6) is 0 Å². The minimum absolute atomic E-state index is 0.0405. The molecule has 16 heavy (non-hydrogen) atoms. The van der Waals surface area contributed by atoms with Crippen molar-refractivity contribution >= 4 is 5.91 Å². The van der Waals surface area contributed by atoms with Crippen LogP contribution in [0, 0.1) is 0 Å². The third-order valence-electron chi connectivity index (χ3n) is 1.75. The number of carbonyl (C=O) groups excluding carboxylic acids is 1. The zero-order valence-electron chi connectivity index (χ0n) is 9.87. The lowest BCUT2D eigenvalue weighted by atomic mass is 10.4. The first-order valence-electron chi connectivity index (χ1n) is 5.51. The minimum Gasteiger partial charge on any atom is -0.377 e. The minimum atomic E-state index is 0.0405. The molecule has 0 bridgehead atoms. The second kappa shape index (κ2) is 12.4. The molecule has 0 saturated carbocycles. The van der Waals surface area contributed by atoms with Gasteiger partial charge in [0.25, 0.3) is 0 Å². The van der Waals surface area contributed by atoms with Crippen LogP contribution in [0.4, 0.5) is 0 Å². The fourth-order valence-corrected chi connectivity index (χ4v) is 0.911. The zero-order valence-corrected chi connectivity index (χ0v) is 9.87. The molecule has 0 aromatic carbocycles. The lowest BCUT2D eigenvalue weighted by Crippen LogP contribution is -2.26. The Morgan fingerprint density at radius 2 is 1.62 bits per heavy atom. The summed E-state index contributed by atoms with van der Waals surface area (Å²) in [6.45, 7) is 5.15. The molecule has 0 aliphatic carbocycles. The number of carbonyl (C=O) groups is 1. The standard InChI is InChI=1S/C10H22N2O4/c1-2-10(13)12-3-4-14-5-6-15-7-8-16-9-11/h2-9,11H2,1H3,(H,12,13). The summed E-state index contributed by atoms with van der Waals surface area (Å²) < 4.78 is 15.3. The third-order valence-corrected chi connectivity index (χ3v) is 1.75. The third kappa shape index (κ3) is 11.4. The van der Waals surface area contributed by atoms with Crippen molar-refractivity contribution in [2.45, 2.75) is 13.3 Å². The molecule has 0 aliphatic rings. The van der Waals surface area contributed by atoms with E-state index in [1.54, 1.807) is 0 Å². The van der Waals surface area contributed by atoms with E-state index in [1.165, 1.54) is 0 Å². The molecule has 0 aromatic rings. The fourth-order valence-electron chi connectivity index (χ4n) is 0.911. The molecule has 0 aromatic heterocycles. The Morgan fingerprint density at radius 3 is 2.19 bits per heavy atom. The number of nitrogens with two attached hydrogens (primary N) is 1. The van der Waals surface area contributed by atoms with E-state index in [0.29, 0.717) is 46.0 Å². The van der Waals surface area contributed by atoms with Crippen molar-refractivity contribution in [3.05, 3.63) is 0 Å². The molecule has 0 radical (unpaired) electrons. The number of rotatable bonds is 11. The largest absolute Gasteiger partial charge is 0.377 e. The van der Waals surface area contributed by atoms with Gasteiger partial charge in [0.05, 0.1) is 39.8 Å². The van der Waals surface area contributed by atoms with E-state index in [9.17, 15) is 4.79 Å². The molecule has 0 aliphatic heterocycles. The number of hydrogen-bond acceptors (Lipinski definition) is 5. The van der Waals surface area contributed by atoms with Gasteiger partial charge in [-0.3, -0.25) is 4.79 Å². The van der Waals surface area contributed by atoms with E-state index in [1.807, 2.05) is 6.92 Å². The normalized spacial score (nSPS) is 10.4. The molecular weight excluding hydrogens is 212 g/mol. The van der Waals surface area contributed by atoms with Crippen molar-refractivity contribution in [3.63, 3.8) is 0 Å². The predicted molar refractivity (Wildman–Crippen MR) is 59.9 cm³/mol. The average Bonchev–Trinajstić information content (AvgIpc) is 2.31. The first-order valence-corrected chi connectivity index (χ1v) is 5.51. The van der Waals surface area contributed by atoms with Crippen LogP contribution in [-0.4, -0.2) is 52.2 Å². The van der Waals surface area contributed by atoms with E-state index in [0.717, 1.165) is 0 Å². The van der Waals surface area contributed by atoms with E-state index < -0.39 is 0 Å². The lowest BCUT2D eigenvalue weighted by Gasteiger charge is -2.06. The van der Waals surface area contributed by atoms with Crippen LogP contribution in [0.15, 0.2) is 0 Å². The second-order valence-corrected chi connectivity index (χ2v) is 3.00. The van der Waals surface area contributed by atoms with Gasteiger partial charge in [0.1, 0.15) is 0 Å². The maximum atomic E-state index is 10.8. The molecule has 6 nitrogen and oxygen atoms in total. The van der Waals surface area contributed by atoms with Gasteiger partial charge in [-0.2, -0.15) is 0 Å². The summed E-state index contributed by atoms with van der Waals surface area (Å²) in [5.74, 6) is 0.0405. The summed E-state index contributed by atoms with van der Waals surface area (Å²) >= 11 is 0. The first kappa shape index (κ1) is 15.3. The number of amides is 1. The van der Waals surface area contributed by atoms with E-state index in [-0.39, 0.29) is 12.6 Å². The van der Waals surface area contributed by atoms with Crippen molar-refractivity contribution in [2.75, 3.05) is 46.3 Å². The van der Waals surface area contributed by atoms with Crippen LogP contribution < -0.4 is 11.1 Å². The lowest BCUT2D eigenvalue weighted by molar-refractivity contribution is -0.121. The van der Waals surface area contributed by atoms with Crippen LogP contribution in [0.2, 0.25) is 0 Å². The molecule has 1 amide bonds. The predicted octanol–water partition coefficient (Wildman–Crippen LogP) is -0.521. The maximum absolute atomic E-state index is 10.8. The topological polar surface area (TPSA) is 82.8 Å². The Bertz CT molecular complexity index is 167. The summed E-state index contributed by atoms with van der Waals surface area (Å²) in [7, 11) is 0. The molecule has 0 fully saturated rings. The van der Waals surface area contributed by atoms with Crippen LogP contribution in [0.25, 0.3) is 0 Å². The van der Waals surface area contributed by atoms with Gasteiger partial charge in [-0.05, 0) is 0 Å². The average molecular weight is 234 g/mol. The Hall–Kier alpha value is -0.690. The summed E-state index contributed by atoms with van der Waals surface area (Å²) in [5.41, 5.74) is 5.12. The summed E-state index contributed by atoms with van der Waals surface area (Å²) in [5, 5.41) is 2.71. The highest BCUT2D eigenvalue weighted by atomic mass is 16.5. The van der Waals surface area contributed by atoms with Gasteiger partial charge in [0, 0.05) is 13.0 Å². The first-order chi connectivity index (χ1) is 7.81. The van der Waals surface area contributed by atoms with E-state index in [2.05, 4.69) is 5.32 Å². The molecule has 0 spiro atoms. The maximum Gasteiger partial charge on any atom is 0.219 e. The summed E-state index contributed by atoms with van der Waals surface area (Å²) in [6, 6.07) is 0. The number of ether oxygens (including phenoxy) is 3. The summed E-state index contributed by atoms with van der Waals surface area (Å²) in [4.78, 5) is 10.8. The van der Waals surface area contributed by atoms with Crippen molar-refractivity contribution < 1.29 is 19.0 Å². The molecule has 0 atom stereocenters. The van der Waals surface area contributed by atoms with Gasteiger partial charge in [-0.15, -0.1) is 0 Å². The molecular formula is C10H22N2O4. The molecule has 0 rings (SSSR count). The van der Waals surface area contributed by atoms with Crippen LogP contribution >= 0.6 is 0 Å². The smallest absolute Gasteiger partial charge is 0.219 e. The van der Waals surface area contributed by atoms with Gasteiger partial charge in [-0.25, -0.2) is 0 Å². The second-order valence-electron chi connectivity index (χ2n) is 3.00. The van der Waals surface area contributed by atoms with Gasteiger partial charge < -0.3 is 25.3 Å². The van der Waals surface area contributed by atoms with Gasteiger partial charge >= 0.3 is 0 Å². The van der Waals surface area contributed by atoms with Crippen molar-refractivity contribution in [1.29, 1.82) is 0 Å². The van der Waals surface area contributed by atoms with Crippen molar-refractivity contribution in [2.24, 2.45) is 5.73 Å². The van der Waals surface area contributed by atoms with E-state index in [4.69, 9.17) is 19.9 Å². The molecule has 3 N–H and O–H groups in total. The SMILES string of the molecule is CCC(=O)NCCOCCOCCOCN.